The molecule has 0 radical (unpaired) electrons. The fourth-order valence-corrected chi connectivity index (χ4v) is 2.99. The molecule has 0 spiro atoms. The Balaban J connectivity index is 2.36. The van der Waals surface area contributed by atoms with E-state index in [4.69, 9.17) is 10.00 Å². The summed E-state index contributed by atoms with van der Waals surface area (Å²) in [4.78, 5) is 5.34. The zero-order chi connectivity index (χ0) is 11.8. The van der Waals surface area contributed by atoms with E-state index >= 15 is 0 Å². The maximum atomic E-state index is 9.12. The SMILES string of the molecule is CC(C)(C)c1nc(C2CCCO2)sc1C#N. The molecule has 2 rings (SSSR count). The zero-order valence-corrected chi connectivity index (χ0v) is 10.7. The van der Waals surface area contributed by atoms with E-state index < -0.39 is 0 Å². The minimum absolute atomic E-state index is 0.0710. The number of hydrogen-bond acceptors (Lipinski definition) is 4. The first-order chi connectivity index (χ1) is 7.52. The van der Waals surface area contributed by atoms with Crippen LogP contribution in [0.15, 0.2) is 0 Å². The van der Waals surface area contributed by atoms with Crippen LogP contribution in [-0.4, -0.2) is 11.6 Å². The molecule has 1 atom stereocenters. The van der Waals surface area contributed by atoms with E-state index in [1.54, 1.807) is 0 Å². The van der Waals surface area contributed by atoms with E-state index in [9.17, 15) is 0 Å². The van der Waals surface area contributed by atoms with Crippen molar-refractivity contribution in [3.8, 4) is 6.07 Å². The number of hydrogen-bond donors (Lipinski definition) is 0. The van der Waals surface area contributed by atoms with Crippen LogP contribution in [0.1, 0.15) is 55.3 Å². The van der Waals surface area contributed by atoms with Crippen molar-refractivity contribution in [2.75, 3.05) is 6.61 Å². The molecule has 0 amide bonds. The van der Waals surface area contributed by atoms with Crippen molar-refractivity contribution >= 4 is 11.3 Å². The van der Waals surface area contributed by atoms with E-state index in [0.29, 0.717) is 0 Å². The molecule has 0 bridgehead atoms. The van der Waals surface area contributed by atoms with Crippen LogP contribution in [0.25, 0.3) is 0 Å². The first kappa shape index (κ1) is 11.6. The van der Waals surface area contributed by atoms with Gasteiger partial charge in [0.25, 0.3) is 0 Å². The molecule has 1 unspecified atom stereocenters. The lowest BCUT2D eigenvalue weighted by molar-refractivity contribution is 0.111. The predicted molar refractivity (Wildman–Crippen MR) is 63.5 cm³/mol. The topological polar surface area (TPSA) is 45.9 Å². The Labute approximate surface area is 100 Å². The van der Waals surface area contributed by atoms with Crippen molar-refractivity contribution in [1.29, 1.82) is 5.26 Å². The summed E-state index contributed by atoms with van der Waals surface area (Å²) in [6, 6.07) is 2.25. The Morgan fingerprint density at radius 1 is 1.50 bits per heavy atom. The van der Waals surface area contributed by atoms with Gasteiger partial charge in [-0.3, -0.25) is 0 Å². The highest BCUT2D eigenvalue weighted by Gasteiger charge is 2.28. The molecule has 1 aliphatic rings. The highest BCUT2D eigenvalue weighted by atomic mass is 32.1. The van der Waals surface area contributed by atoms with Gasteiger partial charge >= 0.3 is 0 Å². The van der Waals surface area contributed by atoms with Gasteiger partial charge < -0.3 is 4.74 Å². The van der Waals surface area contributed by atoms with Gasteiger partial charge in [-0.2, -0.15) is 5.26 Å². The number of rotatable bonds is 1. The lowest BCUT2D eigenvalue weighted by Gasteiger charge is -2.15. The van der Waals surface area contributed by atoms with Gasteiger partial charge in [0.2, 0.25) is 0 Å². The van der Waals surface area contributed by atoms with E-state index in [1.807, 2.05) is 0 Å². The standard InChI is InChI=1S/C12H16N2OS/c1-12(2,3)10-9(7-13)16-11(14-10)8-5-4-6-15-8/h8H,4-6H2,1-3H3. The summed E-state index contributed by atoms with van der Waals surface area (Å²) in [6.45, 7) is 7.07. The van der Waals surface area contributed by atoms with E-state index in [2.05, 4.69) is 31.8 Å². The highest BCUT2D eigenvalue weighted by Crippen LogP contribution is 2.36. The second-order valence-corrected chi connectivity index (χ2v) is 6.12. The van der Waals surface area contributed by atoms with Crippen molar-refractivity contribution in [1.82, 2.24) is 4.98 Å². The lowest BCUT2D eigenvalue weighted by Crippen LogP contribution is -2.13. The van der Waals surface area contributed by atoms with Gasteiger partial charge in [0.05, 0.1) is 5.69 Å². The van der Waals surface area contributed by atoms with Crippen molar-refractivity contribution in [3.63, 3.8) is 0 Å². The van der Waals surface area contributed by atoms with Gasteiger partial charge in [0, 0.05) is 12.0 Å². The molecule has 3 nitrogen and oxygen atoms in total. The van der Waals surface area contributed by atoms with Gasteiger partial charge in [0.1, 0.15) is 22.1 Å². The van der Waals surface area contributed by atoms with Crippen molar-refractivity contribution < 1.29 is 4.74 Å². The Kier molecular flexibility index (Phi) is 3.00. The molecule has 1 aromatic heterocycles. The van der Waals surface area contributed by atoms with Crippen LogP contribution in [0.2, 0.25) is 0 Å². The van der Waals surface area contributed by atoms with Crippen LogP contribution >= 0.6 is 11.3 Å². The summed E-state index contributed by atoms with van der Waals surface area (Å²) >= 11 is 1.49. The number of ether oxygens (including phenoxy) is 1. The molecule has 0 aliphatic carbocycles. The van der Waals surface area contributed by atoms with Crippen LogP contribution in [0, 0.1) is 11.3 Å². The molecule has 1 saturated heterocycles. The second kappa shape index (κ2) is 4.15. The quantitative estimate of drug-likeness (QED) is 0.752. The van der Waals surface area contributed by atoms with Crippen molar-refractivity contribution in [3.05, 3.63) is 15.6 Å². The number of nitriles is 1. The number of thiazole rings is 1. The Morgan fingerprint density at radius 3 is 2.69 bits per heavy atom. The van der Waals surface area contributed by atoms with Gasteiger partial charge in [-0.25, -0.2) is 4.98 Å². The highest BCUT2D eigenvalue weighted by molar-refractivity contribution is 7.12. The molecular formula is C12H16N2OS. The van der Waals surface area contributed by atoms with Gasteiger partial charge in [-0.05, 0) is 12.8 Å². The third-order valence-corrected chi connectivity index (χ3v) is 3.71. The molecule has 86 valence electrons. The lowest BCUT2D eigenvalue weighted by atomic mass is 9.91. The average molecular weight is 236 g/mol. The third-order valence-electron chi connectivity index (χ3n) is 2.66. The van der Waals surface area contributed by atoms with Gasteiger partial charge in [-0.15, -0.1) is 11.3 Å². The molecule has 0 aromatic carbocycles. The molecule has 0 N–H and O–H groups in total. The van der Waals surface area contributed by atoms with Crippen LogP contribution in [0.4, 0.5) is 0 Å². The smallest absolute Gasteiger partial charge is 0.128 e. The normalized spacial score (nSPS) is 21.0. The molecule has 2 heterocycles. The Morgan fingerprint density at radius 2 is 2.25 bits per heavy atom. The maximum Gasteiger partial charge on any atom is 0.128 e. The van der Waals surface area contributed by atoms with Crippen LogP contribution in [0.5, 0.6) is 0 Å². The van der Waals surface area contributed by atoms with Gasteiger partial charge in [0.15, 0.2) is 0 Å². The fourth-order valence-electron chi connectivity index (χ4n) is 1.83. The van der Waals surface area contributed by atoms with Crippen LogP contribution in [-0.2, 0) is 10.2 Å². The monoisotopic (exact) mass is 236 g/mol. The molecule has 16 heavy (non-hydrogen) atoms. The van der Waals surface area contributed by atoms with Crippen LogP contribution in [0.3, 0.4) is 0 Å². The van der Waals surface area contributed by atoms with E-state index in [1.165, 1.54) is 11.3 Å². The van der Waals surface area contributed by atoms with E-state index in [0.717, 1.165) is 35.0 Å². The Hall–Kier alpha value is -0.920. The summed E-state index contributed by atoms with van der Waals surface area (Å²) in [5.41, 5.74) is 0.837. The average Bonchev–Trinajstić information content (AvgIpc) is 2.85. The summed E-state index contributed by atoms with van der Waals surface area (Å²) in [7, 11) is 0. The third kappa shape index (κ3) is 2.11. The van der Waals surface area contributed by atoms with Gasteiger partial charge in [-0.1, -0.05) is 20.8 Å². The molecule has 1 fully saturated rings. The largest absolute Gasteiger partial charge is 0.371 e. The molecule has 1 aromatic rings. The van der Waals surface area contributed by atoms with Crippen LogP contribution < -0.4 is 0 Å². The molecular weight excluding hydrogens is 220 g/mol. The first-order valence-corrected chi connectivity index (χ1v) is 6.37. The summed E-state index contributed by atoms with van der Waals surface area (Å²) in [6.07, 6.45) is 2.24. The summed E-state index contributed by atoms with van der Waals surface area (Å²) in [5, 5.41) is 10.1. The summed E-state index contributed by atoms with van der Waals surface area (Å²) in [5.74, 6) is 0. The maximum absolute atomic E-state index is 9.12. The van der Waals surface area contributed by atoms with E-state index in [-0.39, 0.29) is 11.5 Å². The molecule has 1 aliphatic heterocycles. The van der Waals surface area contributed by atoms with Crippen molar-refractivity contribution in [2.45, 2.75) is 45.1 Å². The fraction of sp³-hybridized carbons (Fsp3) is 0.667. The predicted octanol–water partition coefficient (Wildman–Crippen LogP) is 3.16. The minimum atomic E-state index is -0.0710. The second-order valence-electron chi connectivity index (χ2n) is 5.09. The first-order valence-electron chi connectivity index (χ1n) is 5.55. The Bertz CT molecular complexity index is 419. The molecule has 0 saturated carbocycles. The minimum Gasteiger partial charge on any atom is -0.371 e. The molecule has 4 heteroatoms. The number of nitrogens with zero attached hydrogens (tertiary/aromatic N) is 2. The van der Waals surface area contributed by atoms with Crippen molar-refractivity contribution in [2.24, 2.45) is 0 Å². The zero-order valence-electron chi connectivity index (χ0n) is 9.91. The number of aromatic nitrogens is 1. The summed E-state index contributed by atoms with van der Waals surface area (Å²) < 4.78 is 5.60.